The number of cyclic esters (lactones) is 1. The number of carbonyl (C=O) groups is 1. The molecule has 1 saturated heterocycles. The van der Waals surface area contributed by atoms with Crippen molar-refractivity contribution in [1.29, 1.82) is 0 Å². The smallest absolute Gasteiger partial charge is 0.460 e. The van der Waals surface area contributed by atoms with Gasteiger partial charge >= 0.3 is 48.5 Å². The first-order chi connectivity index (χ1) is 17.8. The van der Waals surface area contributed by atoms with E-state index < -0.39 is 74.4 Å². The van der Waals surface area contributed by atoms with Gasteiger partial charge in [0.05, 0.1) is 13.2 Å². The highest BCUT2D eigenvalue weighted by Gasteiger charge is 2.85. The number of amides is 1. The molecule has 1 atom stereocenters. The van der Waals surface area contributed by atoms with E-state index in [1.165, 1.54) is 16.9 Å². The van der Waals surface area contributed by atoms with E-state index in [0.29, 0.717) is 0 Å². The molecule has 1 N–H and O–H groups in total. The van der Waals surface area contributed by atoms with Crippen LogP contribution in [0.1, 0.15) is 0 Å². The van der Waals surface area contributed by atoms with Gasteiger partial charge in [0.15, 0.2) is 0 Å². The lowest BCUT2D eigenvalue weighted by Crippen LogP contribution is -2.64. The lowest BCUT2D eigenvalue weighted by atomic mass is 10.1. The molecule has 0 unspecified atom stereocenters. The summed E-state index contributed by atoms with van der Waals surface area (Å²) in [6.45, 7) is -3.91. The molecule has 40 heavy (non-hydrogen) atoms. The van der Waals surface area contributed by atoms with Crippen molar-refractivity contribution in [2.24, 2.45) is 0 Å². The average Bonchev–Trinajstić information content (AvgIpc) is 3.11. The van der Waals surface area contributed by atoms with Gasteiger partial charge in [0.1, 0.15) is 18.5 Å². The highest BCUT2D eigenvalue weighted by atomic mass is 19.4. The molecule has 0 saturated carbocycles. The van der Waals surface area contributed by atoms with E-state index in [9.17, 15) is 75.8 Å². The number of hydrogen-bond acceptors (Lipinski definition) is 6. The summed E-state index contributed by atoms with van der Waals surface area (Å²) in [7, 11) is 0. The lowest BCUT2D eigenvalue weighted by molar-refractivity contribution is -0.543. The van der Waals surface area contributed by atoms with Gasteiger partial charge in [-0.1, -0.05) is 0 Å². The van der Waals surface area contributed by atoms with E-state index >= 15 is 0 Å². The van der Waals surface area contributed by atoms with Gasteiger partial charge in [0.25, 0.3) is 0 Å². The van der Waals surface area contributed by atoms with Crippen molar-refractivity contribution < 1.29 is 94.7 Å². The van der Waals surface area contributed by atoms with Crippen LogP contribution in [0, 0.1) is 0 Å². The number of benzene rings is 1. The maximum atomic E-state index is 13.6. The van der Waals surface area contributed by atoms with E-state index in [-0.39, 0.29) is 11.4 Å². The van der Waals surface area contributed by atoms with Crippen LogP contribution < -0.4 is 4.90 Å². The molecule has 0 radical (unpaired) electrons. The molecule has 1 aliphatic rings. The van der Waals surface area contributed by atoms with Crippen LogP contribution >= 0.6 is 0 Å². The molecule has 230 valence electrons. The van der Waals surface area contributed by atoms with Crippen LogP contribution in [0.4, 0.5) is 76.3 Å². The number of carbonyl (C=O) groups excluding carboxylic acids is 1. The van der Waals surface area contributed by atoms with E-state index in [1.54, 1.807) is 0 Å². The molecule has 1 amide bonds. The minimum Gasteiger partial charge on any atom is -0.508 e. The summed E-state index contributed by atoms with van der Waals surface area (Å²) < 4.78 is 208. The first kappa shape index (κ1) is 33.3. The van der Waals surface area contributed by atoms with E-state index in [4.69, 9.17) is 4.74 Å². The second kappa shape index (κ2) is 10.5. The van der Waals surface area contributed by atoms with E-state index in [2.05, 4.69) is 9.47 Å². The molecule has 1 heterocycles. The largest absolute Gasteiger partial charge is 0.508 e. The maximum absolute atomic E-state index is 13.6. The van der Waals surface area contributed by atoms with Gasteiger partial charge in [0, 0.05) is 5.69 Å². The molecule has 0 aromatic heterocycles. The summed E-state index contributed by atoms with van der Waals surface area (Å²) in [4.78, 5) is 12.7. The molecular weight excluding hydrogens is 611 g/mol. The number of anilines is 1. The third kappa shape index (κ3) is 6.70. The second-order valence-electron chi connectivity index (χ2n) is 7.69. The van der Waals surface area contributed by atoms with Gasteiger partial charge in [-0.25, -0.2) is 14.3 Å². The molecule has 1 aromatic carbocycles. The van der Waals surface area contributed by atoms with Gasteiger partial charge in [-0.05, 0) is 24.3 Å². The summed E-state index contributed by atoms with van der Waals surface area (Å²) in [5, 5.41) is 9.21. The molecule has 22 heteroatoms. The molecule has 1 fully saturated rings. The number of alkyl halides is 15. The number of halogens is 15. The van der Waals surface area contributed by atoms with Crippen molar-refractivity contribution in [1.82, 2.24) is 0 Å². The third-order valence-corrected chi connectivity index (χ3v) is 4.60. The number of phenolic OH excluding ortho intramolecular Hbond substituents is 1. The van der Waals surface area contributed by atoms with Gasteiger partial charge < -0.3 is 14.6 Å². The normalized spacial score (nSPS) is 18.3. The Labute approximate surface area is 210 Å². The monoisotopic (exact) mass is 623 g/mol. The van der Waals surface area contributed by atoms with Crippen LogP contribution in [-0.4, -0.2) is 79.5 Å². The fraction of sp³-hybridized carbons (Fsp3) is 0.611. The molecule has 1 aliphatic heterocycles. The average molecular weight is 623 g/mol. The summed E-state index contributed by atoms with van der Waals surface area (Å²) in [6, 6.07) is 4.72. The lowest BCUT2D eigenvalue weighted by Gasteiger charge is -2.36. The third-order valence-electron chi connectivity index (χ3n) is 4.60. The van der Waals surface area contributed by atoms with Crippen molar-refractivity contribution in [3.05, 3.63) is 24.3 Å². The standard InChI is InChI=1S/C18H12F15NO6/c19-12(20,7-37-6-10-5-34(11(36)38-10)8-1-3-9(35)4-2-8)39-17(30,31)18(32,33)40-16(28,29)14(23,24)13(21,22)15(25,26)27/h1-4,10,35H,5-7H2/t10-/m0/s1. The van der Waals surface area contributed by atoms with E-state index in [1.807, 2.05) is 0 Å². The predicted octanol–water partition coefficient (Wildman–Crippen LogP) is 5.97. The van der Waals surface area contributed by atoms with Crippen LogP contribution in [0.2, 0.25) is 0 Å². The highest BCUT2D eigenvalue weighted by Crippen LogP contribution is 2.56. The zero-order valence-corrected chi connectivity index (χ0v) is 18.6. The number of rotatable bonds is 12. The molecule has 0 aliphatic carbocycles. The number of phenols is 1. The Morgan fingerprint density at radius 3 is 1.77 bits per heavy atom. The van der Waals surface area contributed by atoms with Crippen LogP contribution in [0.25, 0.3) is 0 Å². The van der Waals surface area contributed by atoms with Crippen molar-refractivity contribution in [3.8, 4) is 5.75 Å². The van der Waals surface area contributed by atoms with Crippen LogP contribution in [0.3, 0.4) is 0 Å². The van der Waals surface area contributed by atoms with Gasteiger partial charge in [0.2, 0.25) is 0 Å². The molecule has 7 nitrogen and oxygen atoms in total. The minimum atomic E-state index is -7.95. The van der Waals surface area contributed by atoms with Crippen LogP contribution in [-0.2, 0) is 18.9 Å². The molecule has 0 bridgehead atoms. The summed E-state index contributed by atoms with van der Waals surface area (Å²) in [5.74, 6) is -16.0. The van der Waals surface area contributed by atoms with E-state index in [0.717, 1.165) is 17.0 Å². The van der Waals surface area contributed by atoms with Crippen molar-refractivity contribution >= 4 is 11.8 Å². The Morgan fingerprint density at radius 1 is 0.775 bits per heavy atom. The Hall–Kier alpha value is -2.88. The zero-order valence-electron chi connectivity index (χ0n) is 18.6. The first-order valence-electron chi connectivity index (χ1n) is 9.85. The summed E-state index contributed by atoms with van der Waals surface area (Å²) in [5.41, 5.74) is 0.121. The Balaban J connectivity index is 2.02. The molecule has 0 spiro atoms. The summed E-state index contributed by atoms with van der Waals surface area (Å²) >= 11 is 0. The maximum Gasteiger partial charge on any atom is 0.460 e. The quantitative estimate of drug-likeness (QED) is 0.290. The number of aromatic hydroxyl groups is 1. The number of nitrogens with zero attached hydrogens (tertiary/aromatic N) is 1. The first-order valence-corrected chi connectivity index (χ1v) is 9.85. The summed E-state index contributed by atoms with van der Waals surface area (Å²) in [6.07, 6.45) is -37.8. The fourth-order valence-electron chi connectivity index (χ4n) is 2.68. The zero-order chi connectivity index (χ0) is 31.2. The van der Waals surface area contributed by atoms with Gasteiger partial charge in [-0.2, -0.15) is 65.9 Å². The van der Waals surface area contributed by atoms with Gasteiger partial charge in [-0.3, -0.25) is 4.90 Å². The van der Waals surface area contributed by atoms with Crippen molar-refractivity contribution in [3.63, 3.8) is 0 Å². The molecule has 2 rings (SSSR count). The highest BCUT2D eigenvalue weighted by molar-refractivity contribution is 5.89. The predicted molar refractivity (Wildman–Crippen MR) is 94.4 cm³/mol. The molecular formula is C18H12F15NO6. The second-order valence-corrected chi connectivity index (χ2v) is 7.69. The van der Waals surface area contributed by atoms with Crippen molar-refractivity contribution in [2.45, 2.75) is 48.6 Å². The Kier molecular flexibility index (Phi) is 8.75. The van der Waals surface area contributed by atoms with Crippen LogP contribution in [0.5, 0.6) is 5.75 Å². The van der Waals surface area contributed by atoms with Crippen LogP contribution in [0.15, 0.2) is 24.3 Å². The topological polar surface area (TPSA) is 77.5 Å². The Bertz CT molecular complexity index is 1050. The number of ether oxygens (including phenoxy) is 4. The fourth-order valence-corrected chi connectivity index (χ4v) is 2.68. The molecule has 1 aromatic rings. The van der Waals surface area contributed by atoms with Gasteiger partial charge in [-0.15, -0.1) is 0 Å². The minimum absolute atomic E-state index is 0.121. The Morgan fingerprint density at radius 2 is 1.27 bits per heavy atom. The van der Waals surface area contributed by atoms with Crippen molar-refractivity contribution in [2.75, 3.05) is 24.7 Å². The SMILES string of the molecule is O=C1O[C@H](COCC(F)(F)OC(F)(F)C(F)(F)OC(F)(F)C(F)(F)C(F)(F)C(F)(F)F)CN1c1ccc(O)cc1. The number of hydrogen-bond donors (Lipinski definition) is 1.